The number of benzene rings is 2. The van der Waals surface area contributed by atoms with Crippen molar-refractivity contribution in [2.45, 2.75) is 12.8 Å². The van der Waals surface area contributed by atoms with Gasteiger partial charge in [0.05, 0.1) is 5.56 Å². The van der Waals surface area contributed by atoms with Gasteiger partial charge in [-0.2, -0.15) is 0 Å². The first-order valence-corrected chi connectivity index (χ1v) is 7.83. The van der Waals surface area contributed by atoms with Crippen molar-refractivity contribution >= 4 is 39.9 Å². The first kappa shape index (κ1) is 14.2. The van der Waals surface area contributed by atoms with E-state index in [0.717, 1.165) is 27.7 Å². The Morgan fingerprint density at radius 2 is 2.05 bits per heavy atom. The van der Waals surface area contributed by atoms with Crippen molar-refractivity contribution in [1.82, 2.24) is 0 Å². The van der Waals surface area contributed by atoms with Crippen molar-refractivity contribution in [3.63, 3.8) is 0 Å². The van der Waals surface area contributed by atoms with Crippen molar-refractivity contribution in [2.75, 3.05) is 17.2 Å². The van der Waals surface area contributed by atoms with Crippen LogP contribution in [0.25, 0.3) is 0 Å². The minimum absolute atomic E-state index is 0.0106. The minimum Gasteiger partial charge on any atom is -0.507 e. The van der Waals surface area contributed by atoms with E-state index in [0.29, 0.717) is 17.8 Å². The van der Waals surface area contributed by atoms with Crippen molar-refractivity contribution < 1.29 is 9.90 Å². The number of carbonyl (C=O) groups excluding carboxylic acids is 1. The lowest BCUT2D eigenvalue weighted by atomic mass is 10.00. The van der Waals surface area contributed by atoms with Crippen LogP contribution in [0.2, 0.25) is 0 Å². The van der Waals surface area contributed by atoms with E-state index >= 15 is 0 Å². The Hall–Kier alpha value is -1.76. The highest BCUT2D eigenvalue weighted by Crippen LogP contribution is 2.32. The second-order valence-corrected chi connectivity index (χ2v) is 6.36. The third-order valence-corrected chi connectivity index (χ3v) is 4.33. The zero-order chi connectivity index (χ0) is 15.0. The molecule has 0 spiro atoms. The number of aryl methyl sites for hydroxylation is 1. The maximum atomic E-state index is 12.8. The number of nitrogens with zero attached hydrogens (tertiary/aromatic N) is 1. The fourth-order valence-corrected chi connectivity index (χ4v) is 3.12. The van der Waals surface area contributed by atoms with Crippen LogP contribution in [-0.2, 0) is 6.42 Å². The molecule has 21 heavy (non-hydrogen) atoms. The van der Waals surface area contributed by atoms with Gasteiger partial charge in [0.1, 0.15) is 5.75 Å². The van der Waals surface area contributed by atoms with E-state index in [1.165, 1.54) is 0 Å². The molecule has 2 aromatic rings. The van der Waals surface area contributed by atoms with E-state index in [4.69, 9.17) is 5.73 Å². The highest BCUT2D eigenvalue weighted by molar-refractivity contribution is 14.1. The summed E-state index contributed by atoms with van der Waals surface area (Å²) in [5, 5.41) is 9.96. The number of nitrogens with two attached hydrogens (primary N) is 1. The summed E-state index contributed by atoms with van der Waals surface area (Å²) < 4.78 is 0.915. The molecular formula is C16H15IN2O2. The number of rotatable bonds is 1. The van der Waals surface area contributed by atoms with Crippen LogP contribution in [0.3, 0.4) is 0 Å². The van der Waals surface area contributed by atoms with E-state index in [-0.39, 0.29) is 11.7 Å². The number of fused-ring (bicyclic) bond motifs is 1. The van der Waals surface area contributed by atoms with Gasteiger partial charge in [-0.25, -0.2) is 0 Å². The van der Waals surface area contributed by atoms with Crippen molar-refractivity contribution in [3.05, 3.63) is 51.1 Å². The summed E-state index contributed by atoms with van der Waals surface area (Å²) in [7, 11) is 0. The van der Waals surface area contributed by atoms with E-state index in [1.807, 2.05) is 18.2 Å². The normalized spacial score (nSPS) is 13.9. The molecule has 2 aromatic carbocycles. The average molecular weight is 394 g/mol. The molecular weight excluding hydrogens is 379 g/mol. The van der Waals surface area contributed by atoms with Gasteiger partial charge in [0.25, 0.3) is 5.91 Å². The van der Waals surface area contributed by atoms with Crippen LogP contribution in [0.5, 0.6) is 5.75 Å². The summed E-state index contributed by atoms with van der Waals surface area (Å²) in [6.45, 7) is 0.639. The molecule has 3 rings (SSSR count). The van der Waals surface area contributed by atoms with E-state index < -0.39 is 0 Å². The number of carbonyl (C=O) groups is 1. The Labute approximate surface area is 136 Å². The molecule has 0 bridgehead atoms. The first-order valence-electron chi connectivity index (χ1n) is 6.75. The number of anilines is 2. The average Bonchev–Trinajstić information content (AvgIpc) is 2.48. The summed E-state index contributed by atoms with van der Waals surface area (Å²) in [5.74, 6) is -0.172. The van der Waals surface area contributed by atoms with Gasteiger partial charge in [-0.1, -0.05) is 6.07 Å². The quantitative estimate of drug-likeness (QED) is 0.577. The maximum absolute atomic E-state index is 12.8. The third-order valence-electron chi connectivity index (χ3n) is 3.66. The molecule has 0 saturated carbocycles. The molecule has 1 aliphatic heterocycles. The summed E-state index contributed by atoms with van der Waals surface area (Å²) in [4.78, 5) is 14.5. The smallest absolute Gasteiger partial charge is 0.262 e. The van der Waals surface area contributed by atoms with Gasteiger partial charge in [-0.05, 0) is 71.3 Å². The number of nitrogen functional groups attached to an aromatic ring is 1. The number of halogens is 1. The highest BCUT2D eigenvalue weighted by Gasteiger charge is 2.25. The molecule has 3 N–H and O–H groups in total. The van der Waals surface area contributed by atoms with Crippen LogP contribution >= 0.6 is 22.6 Å². The second-order valence-electron chi connectivity index (χ2n) is 5.11. The number of hydrogen-bond acceptors (Lipinski definition) is 3. The lowest BCUT2D eigenvalue weighted by molar-refractivity contribution is 0.0982. The number of phenols is 1. The van der Waals surface area contributed by atoms with Crippen LogP contribution in [0.4, 0.5) is 11.4 Å². The van der Waals surface area contributed by atoms with Gasteiger partial charge in [-0.3, -0.25) is 4.79 Å². The minimum atomic E-state index is -0.183. The summed E-state index contributed by atoms with van der Waals surface area (Å²) in [5.41, 5.74) is 8.79. The number of amides is 1. The number of aromatic hydroxyl groups is 1. The predicted molar refractivity (Wildman–Crippen MR) is 91.7 cm³/mol. The first-order chi connectivity index (χ1) is 10.1. The van der Waals surface area contributed by atoms with Crippen LogP contribution < -0.4 is 10.6 Å². The lowest BCUT2D eigenvalue weighted by Gasteiger charge is -2.30. The molecule has 5 heteroatoms. The molecule has 0 atom stereocenters. The van der Waals surface area contributed by atoms with Gasteiger partial charge in [-0.15, -0.1) is 0 Å². The largest absolute Gasteiger partial charge is 0.507 e. The van der Waals surface area contributed by atoms with Crippen molar-refractivity contribution in [1.29, 1.82) is 0 Å². The van der Waals surface area contributed by atoms with Crippen LogP contribution in [-0.4, -0.2) is 17.6 Å². The summed E-state index contributed by atoms with van der Waals surface area (Å²) >= 11 is 2.13. The van der Waals surface area contributed by atoms with Crippen LogP contribution in [0.1, 0.15) is 22.3 Å². The molecule has 108 valence electrons. The maximum Gasteiger partial charge on any atom is 0.262 e. The van der Waals surface area contributed by atoms with Gasteiger partial charge < -0.3 is 15.7 Å². The van der Waals surface area contributed by atoms with Crippen LogP contribution in [0, 0.1) is 3.57 Å². The van der Waals surface area contributed by atoms with Crippen molar-refractivity contribution in [2.24, 2.45) is 0 Å². The Kier molecular flexibility index (Phi) is 3.75. The van der Waals surface area contributed by atoms with Crippen LogP contribution in [0.15, 0.2) is 36.4 Å². The monoisotopic (exact) mass is 394 g/mol. The molecule has 0 aromatic heterocycles. The molecule has 0 unspecified atom stereocenters. The molecule has 4 nitrogen and oxygen atoms in total. The summed E-state index contributed by atoms with van der Waals surface area (Å²) in [6, 6.07) is 10.7. The Balaban J connectivity index is 2.04. The number of phenolic OH excluding ortho intramolecular Hbond substituents is 1. The molecule has 0 saturated heterocycles. The Morgan fingerprint density at radius 1 is 1.24 bits per heavy atom. The van der Waals surface area contributed by atoms with Gasteiger partial charge in [0, 0.05) is 21.5 Å². The molecule has 1 aliphatic rings. The summed E-state index contributed by atoms with van der Waals surface area (Å²) in [6.07, 6.45) is 1.85. The van der Waals surface area contributed by atoms with E-state index in [1.54, 1.807) is 23.1 Å². The fraction of sp³-hybridized carbons (Fsp3) is 0.188. The second kappa shape index (κ2) is 5.55. The van der Waals surface area contributed by atoms with E-state index in [2.05, 4.69) is 22.6 Å². The van der Waals surface area contributed by atoms with Gasteiger partial charge >= 0.3 is 0 Å². The third kappa shape index (κ3) is 2.70. The Morgan fingerprint density at radius 3 is 2.86 bits per heavy atom. The van der Waals surface area contributed by atoms with Gasteiger partial charge in [0.15, 0.2) is 0 Å². The predicted octanol–water partition coefficient (Wildman–Crippen LogP) is 3.17. The molecule has 0 aliphatic carbocycles. The topological polar surface area (TPSA) is 66.6 Å². The molecule has 1 amide bonds. The zero-order valence-corrected chi connectivity index (χ0v) is 13.5. The Bertz CT molecular complexity index is 715. The highest BCUT2D eigenvalue weighted by atomic mass is 127. The molecule has 0 fully saturated rings. The fourth-order valence-electron chi connectivity index (χ4n) is 2.63. The van der Waals surface area contributed by atoms with Gasteiger partial charge in [0.2, 0.25) is 0 Å². The molecule has 0 radical (unpaired) electrons. The standard InChI is InChI=1S/C16H15IN2O2/c17-11-4-6-15(20)13(8-11)16(21)19-7-1-2-10-3-5-12(18)9-14(10)19/h3-6,8-9,20H,1-2,7,18H2. The number of hydrogen-bond donors (Lipinski definition) is 2. The van der Waals surface area contributed by atoms with E-state index in [9.17, 15) is 9.90 Å². The zero-order valence-electron chi connectivity index (χ0n) is 11.3. The lowest BCUT2D eigenvalue weighted by Crippen LogP contribution is -2.35. The SMILES string of the molecule is Nc1ccc2c(c1)N(C(=O)c1cc(I)ccc1O)CCC2. The van der Waals surface area contributed by atoms with Crippen molar-refractivity contribution in [3.8, 4) is 5.75 Å². The molecule has 1 heterocycles.